The fourth-order valence-corrected chi connectivity index (χ4v) is 1.97. The second-order valence-electron chi connectivity index (χ2n) is 3.83. The van der Waals surface area contributed by atoms with Gasteiger partial charge in [-0.05, 0) is 17.9 Å². The van der Waals surface area contributed by atoms with Crippen molar-refractivity contribution >= 4 is 11.5 Å². The van der Waals surface area contributed by atoms with E-state index in [1.54, 1.807) is 12.1 Å². The van der Waals surface area contributed by atoms with Crippen LogP contribution in [0.3, 0.4) is 0 Å². The van der Waals surface area contributed by atoms with Gasteiger partial charge in [-0.15, -0.1) is 0 Å². The molecule has 15 heavy (non-hydrogen) atoms. The first-order chi connectivity index (χ1) is 7.16. The number of carbonyl (C=O) groups excluding carboxylic acids is 1. The van der Waals surface area contributed by atoms with Crippen LogP contribution >= 0.6 is 0 Å². The van der Waals surface area contributed by atoms with Crippen LogP contribution in [0.1, 0.15) is 30.7 Å². The van der Waals surface area contributed by atoms with E-state index in [1.807, 2.05) is 0 Å². The largest absolute Gasteiger partial charge is 0.300 e. The first kappa shape index (κ1) is 9.83. The van der Waals surface area contributed by atoms with Gasteiger partial charge in [0.2, 0.25) is 0 Å². The molecule has 0 aliphatic heterocycles. The summed E-state index contributed by atoms with van der Waals surface area (Å²) in [5.41, 5.74) is 1.13. The minimum Gasteiger partial charge on any atom is -0.300 e. The zero-order chi connectivity index (χ0) is 10.8. The number of carbonyl (C=O) groups is 1. The summed E-state index contributed by atoms with van der Waals surface area (Å²) in [5, 5.41) is 10.4. The maximum atomic E-state index is 11.1. The number of rotatable bonds is 2. The summed E-state index contributed by atoms with van der Waals surface area (Å²) in [6.45, 7) is 0. The Kier molecular flexibility index (Phi) is 2.49. The molecule has 0 radical (unpaired) electrons. The van der Waals surface area contributed by atoms with Crippen LogP contribution in [0.4, 0.5) is 5.69 Å². The van der Waals surface area contributed by atoms with Gasteiger partial charge in [-0.2, -0.15) is 0 Å². The number of benzene rings is 1. The normalized spacial score (nSPS) is 20.5. The van der Waals surface area contributed by atoms with Crippen molar-refractivity contribution in [3.63, 3.8) is 0 Å². The van der Waals surface area contributed by atoms with Crippen LogP contribution in [0.5, 0.6) is 0 Å². The number of nitro benzene ring substituents is 1. The summed E-state index contributed by atoms with van der Waals surface area (Å²) >= 11 is 0. The molecule has 1 atom stereocenters. The molecule has 1 fully saturated rings. The van der Waals surface area contributed by atoms with E-state index in [1.165, 1.54) is 12.1 Å². The van der Waals surface area contributed by atoms with Gasteiger partial charge in [-0.1, -0.05) is 12.1 Å². The van der Waals surface area contributed by atoms with Crippen molar-refractivity contribution in [2.75, 3.05) is 0 Å². The molecule has 0 heterocycles. The summed E-state index contributed by atoms with van der Waals surface area (Å²) in [5.74, 6) is 0.552. The molecule has 1 aromatic carbocycles. The summed E-state index contributed by atoms with van der Waals surface area (Å²) in [7, 11) is 0. The van der Waals surface area contributed by atoms with Gasteiger partial charge >= 0.3 is 0 Å². The molecule has 4 nitrogen and oxygen atoms in total. The third kappa shape index (κ3) is 2.03. The second kappa shape index (κ2) is 3.81. The lowest BCUT2D eigenvalue weighted by molar-refractivity contribution is -0.384. The highest BCUT2D eigenvalue weighted by Gasteiger charge is 2.23. The van der Waals surface area contributed by atoms with Gasteiger partial charge in [0.15, 0.2) is 0 Å². The summed E-state index contributed by atoms with van der Waals surface area (Å²) in [6.07, 6.45) is 2.09. The number of Topliss-reactive ketones (excluding diaryl/α,β-unsaturated/α-hetero) is 1. The van der Waals surface area contributed by atoms with Gasteiger partial charge in [0.25, 0.3) is 5.69 Å². The van der Waals surface area contributed by atoms with E-state index >= 15 is 0 Å². The van der Waals surface area contributed by atoms with Gasteiger partial charge < -0.3 is 0 Å². The lowest BCUT2D eigenvalue weighted by Gasteiger charge is -2.07. The van der Waals surface area contributed by atoms with E-state index in [0.717, 1.165) is 12.0 Å². The molecule has 0 amide bonds. The summed E-state index contributed by atoms with van der Waals surface area (Å²) < 4.78 is 0. The van der Waals surface area contributed by atoms with Crippen LogP contribution in [0.15, 0.2) is 24.3 Å². The number of hydrogen-bond acceptors (Lipinski definition) is 3. The van der Waals surface area contributed by atoms with Crippen molar-refractivity contribution in [2.24, 2.45) is 0 Å². The molecular formula is C11H11NO3. The third-order valence-corrected chi connectivity index (χ3v) is 2.82. The fourth-order valence-electron chi connectivity index (χ4n) is 1.97. The van der Waals surface area contributed by atoms with Crippen molar-refractivity contribution in [2.45, 2.75) is 25.2 Å². The Balaban J connectivity index is 2.17. The lowest BCUT2D eigenvalue weighted by atomic mass is 9.98. The van der Waals surface area contributed by atoms with Crippen LogP contribution < -0.4 is 0 Å². The predicted octanol–water partition coefficient (Wildman–Crippen LogP) is 2.43. The van der Waals surface area contributed by atoms with E-state index < -0.39 is 4.92 Å². The highest BCUT2D eigenvalue weighted by Crippen LogP contribution is 2.32. The van der Waals surface area contributed by atoms with Crippen molar-refractivity contribution in [1.82, 2.24) is 0 Å². The predicted molar refractivity (Wildman–Crippen MR) is 54.7 cm³/mol. The Morgan fingerprint density at radius 2 is 1.93 bits per heavy atom. The van der Waals surface area contributed by atoms with Crippen molar-refractivity contribution in [3.8, 4) is 0 Å². The monoisotopic (exact) mass is 205 g/mol. The average Bonchev–Trinajstić information content (AvgIpc) is 2.65. The topological polar surface area (TPSA) is 60.2 Å². The lowest BCUT2D eigenvalue weighted by Crippen LogP contribution is -1.95. The highest BCUT2D eigenvalue weighted by molar-refractivity contribution is 5.81. The number of ketones is 1. The van der Waals surface area contributed by atoms with E-state index in [-0.39, 0.29) is 11.6 Å². The van der Waals surface area contributed by atoms with Crippen LogP contribution in [-0.2, 0) is 4.79 Å². The molecule has 0 saturated heterocycles. The SMILES string of the molecule is O=C1CCC(c2ccc([N+](=O)[O-])cc2)C1. The Bertz CT molecular complexity index is 397. The quantitative estimate of drug-likeness (QED) is 0.550. The molecule has 1 aliphatic carbocycles. The van der Waals surface area contributed by atoms with Gasteiger partial charge in [0.05, 0.1) is 4.92 Å². The Hall–Kier alpha value is -1.71. The first-order valence-electron chi connectivity index (χ1n) is 4.93. The fraction of sp³-hybridized carbons (Fsp3) is 0.364. The Labute approximate surface area is 87.1 Å². The van der Waals surface area contributed by atoms with Gasteiger partial charge in [-0.25, -0.2) is 0 Å². The molecule has 1 saturated carbocycles. The van der Waals surface area contributed by atoms with Crippen LogP contribution in [-0.4, -0.2) is 10.7 Å². The number of hydrogen-bond donors (Lipinski definition) is 0. The van der Waals surface area contributed by atoms with Gasteiger partial charge in [0.1, 0.15) is 5.78 Å². The molecular weight excluding hydrogens is 194 g/mol. The maximum Gasteiger partial charge on any atom is 0.269 e. The van der Waals surface area contributed by atoms with E-state index in [2.05, 4.69) is 0 Å². The Morgan fingerprint density at radius 3 is 2.40 bits per heavy atom. The zero-order valence-electron chi connectivity index (χ0n) is 8.18. The Morgan fingerprint density at radius 1 is 1.27 bits per heavy atom. The molecule has 0 aromatic heterocycles. The maximum absolute atomic E-state index is 11.1. The summed E-state index contributed by atoms with van der Waals surface area (Å²) in [4.78, 5) is 21.1. The molecule has 2 rings (SSSR count). The molecule has 1 aromatic rings. The minimum absolute atomic E-state index is 0.100. The van der Waals surface area contributed by atoms with Gasteiger partial charge in [-0.3, -0.25) is 14.9 Å². The zero-order valence-corrected chi connectivity index (χ0v) is 8.18. The minimum atomic E-state index is -0.413. The molecule has 0 spiro atoms. The van der Waals surface area contributed by atoms with Gasteiger partial charge in [0, 0.05) is 25.0 Å². The molecule has 1 unspecified atom stereocenters. The number of nitrogens with zero attached hydrogens (tertiary/aromatic N) is 1. The van der Waals surface area contributed by atoms with Crippen molar-refractivity contribution in [1.29, 1.82) is 0 Å². The third-order valence-electron chi connectivity index (χ3n) is 2.82. The van der Waals surface area contributed by atoms with Crippen LogP contribution in [0.25, 0.3) is 0 Å². The van der Waals surface area contributed by atoms with Crippen LogP contribution in [0, 0.1) is 10.1 Å². The number of nitro groups is 1. The molecule has 78 valence electrons. The molecule has 1 aliphatic rings. The second-order valence-corrected chi connectivity index (χ2v) is 3.83. The first-order valence-corrected chi connectivity index (χ1v) is 4.93. The average molecular weight is 205 g/mol. The van der Waals surface area contributed by atoms with Crippen molar-refractivity contribution < 1.29 is 9.72 Å². The smallest absolute Gasteiger partial charge is 0.269 e. The molecule has 4 heteroatoms. The standard InChI is InChI=1S/C11H11NO3/c13-11-6-3-9(7-11)8-1-4-10(5-2-8)12(14)15/h1-2,4-5,9H,3,6-7H2. The highest BCUT2D eigenvalue weighted by atomic mass is 16.6. The van der Waals surface area contributed by atoms with E-state index in [9.17, 15) is 14.9 Å². The van der Waals surface area contributed by atoms with Crippen molar-refractivity contribution in [3.05, 3.63) is 39.9 Å². The summed E-state index contributed by atoms with van der Waals surface area (Å²) in [6, 6.07) is 6.50. The molecule has 0 N–H and O–H groups in total. The van der Waals surface area contributed by atoms with Crippen LogP contribution in [0.2, 0.25) is 0 Å². The molecule has 0 bridgehead atoms. The number of non-ortho nitro benzene ring substituents is 1. The van der Waals surface area contributed by atoms with E-state index in [4.69, 9.17) is 0 Å². The van der Waals surface area contributed by atoms with E-state index in [0.29, 0.717) is 18.6 Å².